The second-order valence-electron chi connectivity index (χ2n) is 6.26. The normalized spacial score (nSPS) is 20.0. The maximum Gasteiger partial charge on any atom is 0.416 e. The Hall–Kier alpha value is -3.36. The van der Waals surface area contributed by atoms with Crippen molar-refractivity contribution in [3.63, 3.8) is 0 Å². The number of carbonyl (C=O) groups excluding carboxylic acids is 2. The fraction of sp³-hybridized carbons (Fsp3) is 0.211. The SMILES string of the molecule is COc1ccc(C2(C)NC(=O)N(/N=C/c3ccc(C(F)(F)F)cc3)C2=O)cc1. The molecule has 146 valence electrons. The summed E-state index contributed by atoms with van der Waals surface area (Å²) in [7, 11) is 1.51. The van der Waals surface area contributed by atoms with Crippen LogP contribution in [0.2, 0.25) is 0 Å². The van der Waals surface area contributed by atoms with Crippen LogP contribution in [-0.4, -0.2) is 30.3 Å². The van der Waals surface area contributed by atoms with Gasteiger partial charge in [0.25, 0.3) is 5.91 Å². The van der Waals surface area contributed by atoms with Crippen LogP contribution in [0, 0.1) is 0 Å². The maximum absolute atomic E-state index is 12.7. The number of methoxy groups -OCH3 is 1. The number of alkyl halides is 3. The molecule has 0 aliphatic carbocycles. The average Bonchev–Trinajstić information content (AvgIpc) is 2.89. The number of hydrogen-bond donors (Lipinski definition) is 1. The van der Waals surface area contributed by atoms with E-state index in [2.05, 4.69) is 10.4 Å². The highest BCUT2D eigenvalue weighted by atomic mass is 19.4. The molecule has 2 aromatic rings. The predicted molar refractivity (Wildman–Crippen MR) is 94.8 cm³/mol. The molecule has 0 bridgehead atoms. The Morgan fingerprint density at radius 3 is 2.21 bits per heavy atom. The number of nitrogens with one attached hydrogen (secondary N) is 1. The van der Waals surface area contributed by atoms with Gasteiger partial charge in [0, 0.05) is 0 Å². The van der Waals surface area contributed by atoms with Crippen molar-refractivity contribution < 1.29 is 27.5 Å². The zero-order valence-electron chi connectivity index (χ0n) is 14.9. The first-order chi connectivity index (χ1) is 13.1. The van der Waals surface area contributed by atoms with Gasteiger partial charge in [0.15, 0.2) is 0 Å². The Morgan fingerprint density at radius 2 is 1.68 bits per heavy atom. The van der Waals surface area contributed by atoms with Crippen LogP contribution in [-0.2, 0) is 16.5 Å². The fourth-order valence-electron chi connectivity index (χ4n) is 2.73. The van der Waals surface area contributed by atoms with Crippen LogP contribution in [0.3, 0.4) is 0 Å². The van der Waals surface area contributed by atoms with Crippen LogP contribution in [0.5, 0.6) is 5.75 Å². The number of urea groups is 1. The molecule has 3 rings (SSSR count). The summed E-state index contributed by atoms with van der Waals surface area (Å²) in [4.78, 5) is 25.0. The third-order valence-electron chi connectivity index (χ3n) is 4.40. The quantitative estimate of drug-likeness (QED) is 0.641. The molecule has 1 fully saturated rings. The van der Waals surface area contributed by atoms with Crippen LogP contribution in [0.4, 0.5) is 18.0 Å². The standard InChI is InChI=1S/C19H16F3N3O3/c1-18(13-7-9-15(28-2)10-8-13)16(26)25(17(27)24-18)23-11-12-3-5-14(6-4-12)19(20,21)22/h3-11H,1-2H3,(H,24,27)/b23-11+. The molecule has 28 heavy (non-hydrogen) atoms. The average molecular weight is 391 g/mol. The number of hydrazone groups is 1. The van der Waals surface area contributed by atoms with Gasteiger partial charge in [0.05, 0.1) is 18.9 Å². The molecule has 0 radical (unpaired) electrons. The van der Waals surface area contributed by atoms with Crippen LogP contribution in [0.1, 0.15) is 23.6 Å². The van der Waals surface area contributed by atoms with E-state index >= 15 is 0 Å². The Labute approximate surface area is 158 Å². The summed E-state index contributed by atoms with van der Waals surface area (Å²) >= 11 is 0. The first-order valence-electron chi connectivity index (χ1n) is 8.17. The summed E-state index contributed by atoms with van der Waals surface area (Å²) in [6.45, 7) is 1.54. The van der Waals surface area contributed by atoms with E-state index in [-0.39, 0.29) is 0 Å². The molecule has 1 saturated heterocycles. The molecule has 1 atom stereocenters. The largest absolute Gasteiger partial charge is 0.497 e. The molecular weight excluding hydrogens is 375 g/mol. The molecule has 0 saturated carbocycles. The van der Waals surface area contributed by atoms with Gasteiger partial charge in [-0.1, -0.05) is 24.3 Å². The molecule has 1 heterocycles. The van der Waals surface area contributed by atoms with E-state index in [1.165, 1.54) is 19.2 Å². The number of carbonyl (C=O) groups is 2. The fourth-order valence-corrected chi connectivity index (χ4v) is 2.73. The Morgan fingerprint density at radius 1 is 1.07 bits per heavy atom. The lowest BCUT2D eigenvalue weighted by atomic mass is 9.92. The molecule has 1 aliphatic heterocycles. The number of halogens is 3. The molecule has 0 spiro atoms. The van der Waals surface area contributed by atoms with Crippen molar-refractivity contribution in [2.45, 2.75) is 18.6 Å². The third kappa shape index (κ3) is 3.55. The second kappa shape index (κ2) is 6.99. The van der Waals surface area contributed by atoms with Gasteiger partial charge >= 0.3 is 12.2 Å². The number of ether oxygens (including phenoxy) is 1. The van der Waals surface area contributed by atoms with Gasteiger partial charge < -0.3 is 10.1 Å². The first kappa shape index (κ1) is 19.4. The van der Waals surface area contributed by atoms with E-state index < -0.39 is 29.2 Å². The van der Waals surface area contributed by atoms with Crippen molar-refractivity contribution >= 4 is 18.2 Å². The molecule has 0 aromatic heterocycles. The third-order valence-corrected chi connectivity index (χ3v) is 4.40. The number of imide groups is 1. The van der Waals surface area contributed by atoms with E-state index in [4.69, 9.17) is 4.74 Å². The summed E-state index contributed by atoms with van der Waals surface area (Å²) < 4.78 is 42.9. The second-order valence-corrected chi connectivity index (χ2v) is 6.26. The molecule has 2 aromatic carbocycles. The highest BCUT2D eigenvalue weighted by Gasteiger charge is 2.49. The lowest BCUT2D eigenvalue weighted by Crippen LogP contribution is -2.40. The first-order valence-corrected chi connectivity index (χ1v) is 8.17. The molecule has 1 N–H and O–H groups in total. The van der Waals surface area contributed by atoms with E-state index in [9.17, 15) is 22.8 Å². The molecule has 1 aliphatic rings. The highest BCUT2D eigenvalue weighted by molar-refractivity contribution is 6.07. The summed E-state index contributed by atoms with van der Waals surface area (Å²) in [5.74, 6) is -0.00729. The van der Waals surface area contributed by atoms with Gasteiger partial charge in [-0.05, 0) is 42.3 Å². The Balaban J connectivity index is 1.80. The van der Waals surface area contributed by atoms with Crippen molar-refractivity contribution in [3.8, 4) is 5.75 Å². The summed E-state index contributed by atoms with van der Waals surface area (Å²) in [5.41, 5.74) is -1.27. The van der Waals surface area contributed by atoms with Gasteiger partial charge in [-0.2, -0.15) is 18.3 Å². The summed E-state index contributed by atoms with van der Waals surface area (Å²) in [6.07, 6.45) is -3.29. The highest BCUT2D eigenvalue weighted by Crippen LogP contribution is 2.31. The summed E-state index contributed by atoms with van der Waals surface area (Å²) in [6, 6.07) is 10.1. The lowest BCUT2D eigenvalue weighted by molar-refractivity contribution is -0.137. The number of rotatable bonds is 4. The van der Waals surface area contributed by atoms with Gasteiger partial charge in [-0.15, -0.1) is 5.01 Å². The van der Waals surface area contributed by atoms with Crippen molar-refractivity contribution in [2.75, 3.05) is 7.11 Å². The molecule has 9 heteroatoms. The van der Waals surface area contributed by atoms with E-state index in [1.54, 1.807) is 31.2 Å². The van der Waals surface area contributed by atoms with Gasteiger partial charge in [0.2, 0.25) is 0 Å². The van der Waals surface area contributed by atoms with Crippen molar-refractivity contribution in [1.29, 1.82) is 0 Å². The van der Waals surface area contributed by atoms with Gasteiger partial charge in [-0.25, -0.2) is 4.79 Å². The zero-order valence-corrected chi connectivity index (χ0v) is 14.9. The zero-order chi connectivity index (χ0) is 20.5. The van der Waals surface area contributed by atoms with Crippen LogP contribution in [0.25, 0.3) is 0 Å². The Bertz CT molecular complexity index is 924. The summed E-state index contributed by atoms with van der Waals surface area (Å²) in [5, 5.41) is 7.08. The topological polar surface area (TPSA) is 71.0 Å². The minimum atomic E-state index is -4.44. The number of nitrogens with zero attached hydrogens (tertiary/aromatic N) is 2. The predicted octanol–water partition coefficient (Wildman–Crippen LogP) is 3.52. The van der Waals surface area contributed by atoms with Gasteiger partial charge in [-0.3, -0.25) is 4.79 Å². The maximum atomic E-state index is 12.7. The van der Waals surface area contributed by atoms with Crippen molar-refractivity contribution in [2.24, 2.45) is 5.10 Å². The molecule has 6 nitrogen and oxygen atoms in total. The van der Waals surface area contributed by atoms with E-state index in [0.29, 0.717) is 21.9 Å². The molecule has 3 amide bonds. The van der Waals surface area contributed by atoms with Crippen LogP contribution in [0.15, 0.2) is 53.6 Å². The van der Waals surface area contributed by atoms with Crippen LogP contribution >= 0.6 is 0 Å². The lowest BCUT2D eigenvalue weighted by Gasteiger charge is -2.21. The smallest absolute Gasteiger partial charge is 0.416 e. The molecular formula is C19H16F3N3O3. The monoisotopic (exact) mass is 391 g/mol. The minimum absolute atomic E-state index is 0.312. The number of amides is 3. The van der Waals surface area contributed by atoms with Crippen LogP contribution < -0.4 is 10.1 Å². The van der Waals surface area contributed by atoms with E-state index in [1.807, 2.05) is 0 Å². The molecule has 1 unspecified atom stereocenters. The van der Waals surface area contributed by atoms with Crippen molar-refractivity contribution in [1.82, 2.24) is 10.3 Å². The van der Waals surface area contributed by atoms with Gasteiger partial charge in [0.1, 0.15) is 11.3 Å². The number of hydrogen-bond acceptors (Lipinski definition) is 4. The number of benzene rings is 2. The van der Waals surface area contributed by atoms with Crippen molar-refractivity contribution in [3.05, 3.63) is 65.2 Å². The van der Waals surface area contributed by atoms with E-state index in [0.717, 1.165) is 18.3 Å². The minimum Gasteiger partial charge on any atom is -0.497 e. The Kier molecular flexibility index (Phi) is 4.84.